The van der Waals surface area contributed by atoms with Gasteiger partial charge in [-0.2, -0.15) is 0 Å². The quantitative estimate of drug-likeness (QED) is 0.529. The zero-order chi connectivity index (χ0) is 17.2. The van der Waals surface area contributed by atoms with Crippen molar-refractivity contribution >= 4 is 18.4 Å². The monoisotopic (exact) mass is 430 g/mol. The van der Waals surface area contributed by atoms with Crippen molar-refractivity contribution in [1.82, 2.24) is 0 Å². The number of benzene rings is 1. The number of hydrogen-bond donors (Lipinski definition) is 0. The number of azo groups is 1. The van der Waals surface area contributed by atoms with Gasteiger partial charge in [-0.1, -0.05) is 0 Å². The predicted octanol–water partition coefficient (Wildman–Crippen LogP) is 5.98. The van der Waals surface area contributed by atoms with Crippen molar-refractivity contribution in [2.24, 2.45) is 27.5 Å². The van der Waals surface area contributed by atoms with Crippen LogP contribution in [0.15, 0.2) is 50.7 Å². The van der Waals surface area contributed by atoms with Crippen LogP contribution in [-0.2, 0) is 5.54 Å². The maximum atomic E-state index is 5.07. The third-order valence-electron chi connectivity index (χ3n) is 7.00. The molecule has 0 aromatic heterocycles. The van der Waals surface area contributed by atoms with Crippen LogP contribution in [0.25, 0.3) is 0 Å². The Morgan fingerprint density at radius 2 is 1.67 bits per heavy atom. The molecule has 1 aromatic carbocycles. The molecular weight excluding hydrogens is 399 g/mol. The molecule has 2 aliphatic carbocycles. The fourth-order valence-electron chi connectivity index (χ4n) is 5.85. The molecule has 1 aromatic rings. The van der Waals surface area contributed by atoms with Gasteiger partial charge in [0, 0.05) is 0 Å². The normalized spacial score (nSPS) is 39.7. The molecular formula is C21H30N2Sn. The van der Waals surface area contributed by atoms with Gasteiger partial charge in [-0.25, -0.2) is 0 Å². The second-order valence-corrected chi connectivity index (χ2v) is 24.1. The van der Waals surface area contributed by atoms with Crippen LogP contribution in [0.5, 0.6) is 0 Å². The first kappa shape index (κ1) is 16.8. The van der Waals surface area contributed by atoms with Crippen LogP contribution in [0.2, 0.25) is 14.8 Å². The van der Waals surface area contributed by atoms with E-state index in [1.165, 1.54) is 24.8 Å². The van der Waals surface area contributed by atoms with Crippen LogP contribution in [0.1, 0.15) is 38.7 Å². The molecule has 4 rings (SSSR count). The van der Waals surface area contributed by atoms with Gasteiger partial charge in [-0.15, -0.1) is 0 Å². The van der Waals surface area contributed by atoms with Crippen LogP contribution in [0.4, 0.5) is 0 Å². The molecule has 4 atom stereocenters. The first-order valence-electron chi connectivity index (χ1n) is 9.45. The topological polar surface area (TPSA) is 24.7 Å². The maximum absolute atomic E-state index is 5.07. The summed E-state index contributed by atoms with van der Waals surface area (Å²) in [5.41, 5.74) is 1.20. The fourth-order valence-corrected chi connectivity index (χ4v) is 8.00. The zero-order valence-corrected chi connectivity index (χ0v) is 18.6. The first-order chi connectivity index (χ1) is 11.2. The van der Waals surface area contributed by atoms with Crippen molar-refractivity contribution in [1.29, 1.82) is 0 Å². The molecule has 0 N–H and O–H groups in total. The number of hydrogen-bond acceptors (Lipinski definition) is 2. The predicted molar refractivity (Wildman–Crippen MR) is 103 cm³/mol. The SMILES string of the molecule is CC1(C)[C@]2(/C=[CH]\[Sn]([CH3])([CH3])[CH3])N=N[C@@]1(c1ccccc1)[C@H]1CCC[C@H]12. The summed E-state index contributed by atoms with van der Waals surface area (Å²) in [6, 6.07) is 11.0. The van der Waals surface area contributed by atoms with Crippen molar-refractivity contribution in [3.63, 3.8) is 0 Å². The molecule has 1 heterocycles. The molecule has 0 saturated heterocycles. The van der Waals surface area contributed by atoms with Gasteiger partial charge in [0.05, 0.1) is 0 Å². The molecule has 0 amide bonds. The Morgan fingerprint density at radius 1 is 1.00 bits per heavy atom. The second-order valence-electron chi connectivity index (χ2n) is 9.63. The molecule has 1 aliphatic heterocycles. The van der Waals surface area contributed by atoms with Gasteiger partial charge in [0.1, 0.15) is 0 Å². The number of nitrogens with zero attached hydrogens (tertiary/aromatic N) is 2. The standard InChI is InChI=1S/C18H21N2.3CH3.Sn/c1-4-17-14-11-8-12-15(14)18(20-19-17,16(17,2)3)13-9-6-5-7-10-13;;;;/h1,4-7,9-10,14-15H,8,11-12H2,2-3H3;3*1H3;/t14-,15+,17-,18+;;;;/m1..../s1. The number of fused-ring (bicyclic) bond motifs is 5. The molecule has 0 spiro atoms. The molecule has 3 heteroatoms. The van der Waals surface area contributed by atoms with E-state index in [1.807, 2.05) is 0 Å². The average molecular weight is 429 g/mol. The van der Waals surface area contributed by atoms with Crippen molar-refractivity contribution in [2.45, 2.75) is 59.0 Å². The Hall–Kier alpha value is -0.641. The van der Waals surface area contributed by atoms with Crippen molar-refractivity contribution in [3.8, 4) is 0 Å². The van der Waals surface area contributed by atoms with Crippen LogP contribution in [0, 0.1) is 17.3 Å². The summed E-state index contributed by atoms with van der Waals surface area (Å²) in [7, 11) is 0. The molecule has 2 nitrogen and oxygen atoms in total. The average Bonchev–Trinajstić information content (AvgIpc) is 3.13. The molecule has 128 valence electrons. The van der Waals surface area contributed by atoms with E-state index in [2.05, 4.69) is 69.2 Å². The summed E-state index contributed by atoms with van der Waals surface area (Å²) >= 11 is -2.00. The summed E-state index contributed by atoms with van der Waals surface area (Å²) < 4.78 is 2.58. The Kier molecular flexibility index (Phi) is 3.63. The second kappa shape index (κ2) is 5.18. The molecule has 0 unspecified atom stereocenters. The van der Waals surface area contributed by atoms with E-state index in [9.17, 15) is 0 Å². The molecule has 24 heavy (non-hydrogen) atoms. The van der Waals surface area contributed by atoms with Gasteiger partial charge in [-0.3, -0.25) is 0 Å². The van der Waals surface area contributed by atoms with E-state index < -0.39 is 18.4 Å². The third kappa shape index (κ3) is 1.95. The van der Waals surface area contributed by atoms with E-state index >= 15 is 0 Å². The van der Waals surface area contributed by atoms with Crippen molar-refractivity contribution in [3.05, 3.63) is 46.1 Å². The summed E-state index contributed by atoms with van der Waals surface area (Å²) in [6.07, 6.45) is 6.47. The fraction of sp³-hybridized carbons (Fsp3) is 0.619. The van der Waals surface area contributed by atoms with Crippen LogP contribution in [0.3, 0.4) is 0 Å². The van der Waals surface area contributed by atoms with Crippen molar-refractivity contribution in [2.75, 3.05) is 0 Å². The summed E-state index contributed by atoms with van der Waals surface area (Å²) in [5, 5.41) is 10.1. The Balaban J connectivity index is 1.90. The van der Waals surface area contributed by atoms with Gasteiger partial charge in [0.25, 0.3) is 0 Å². The Bertz CT molecular complexity index is 700. The molecule has 3 aliphatic rings. The summed E-state index contributed by atoms with van der Waals surface area (Å²) in [4.78, 5) is 7.44. The third-order valence-corrected chi connectivity index (χ3v) is 10.3. The van der Waals surface area contributed by atoms with Crippen LogP contribution >= 0.6 is 0 Å². The zero-order valence-electron chi connectivity index (χ0n) is 15.7. The molecule has 2 bridgehead atoms. The van der Waals surface area contributed by atoms with Crippen LogP contribution in [-0.4, -0.2) is 23.9 Å². The summed E-state index contributed by atoms with van der Waals surface area (Å²) in [6.45, 7) is 4.86. The van der Waals surface area contributed by atoms with Crippen LogP contribution < -0.4 is 0 Å². The van der Waals surface area contributed by atoms with Crippen molar-refractivity contribution < 1.29 is 0 Å². The minimum atomic E-state index is -2.00. The van der Waals surface area contributed by atoms with E-state index in [0.717, 1.165) is 0 Å². The minimum absolute atomic E-state index is 0.0464. The molecule has 2 fully saturated rings. The first-order valence-corrected chi connectivity index (χ1v) is 19.7. The van der Waals surface area contributed by atoms with Gasteiger partial charge in [-0.05, 0) is 0 Å². The summed E-state index contributed by atoms with van der Waals surface area (Å²) in [5.74, 6) is 1.31. The number of rotatable bonds is 3. The van der Waals surface area contributed by atoms with Gasteiger partial charge >= 0.3 is 151 Å². The Labute approximate surface area is 150 Å². The molecule has 2 saturated carbocycles. The van der Waals surface area contributed by atoms with E-state index in [4.69, 9.17) is 10.2 Å². The van der Waals surface area contributed by atoms with Gasteiger partial charge in [0.15, 0.2) is 0 Å². The van der Waals surface area contributed by atoms with E-state index in [0.29, 0.717) is 11.8 Å². The van der Waals surface area contributed by atoms with E-state index in [-0.39, 0.29) is 16.5 Å². The van der Waals surface area contributed by atoms with Gasteiger partial charge in [0.2, 0.25) is 0 Å². The van der Waals surface area contributed by atoms with E-state index in [1.54, 1.807) is 0 Å². The Morgan fingerprint density at radius 3 is 2.33 bits per heavy atom. The molecule has 0 radical (unpaired) electrons. The van der Waals surface area contributed by atoms with Gasteiger partial charge < -0.3 is 0 Å².